The summed E-state index contributed by atoms with van der Waals surface area (Å²) < 4.78 is 19.4. The first kappa shape index (κ1) is 29.8. The SMILES string of the molecule is C=C(Cc1ccc(NC(=O)Nc2ccccc2F)c(OC)c1)N1CCCC1CN(C)c1ccc(C(=O)O)cc1[N+](=O)[O-]. The van der Waals surface area contributed by atoms with Crippen LogP contribution in [0.4, 0.5) is 31.9 Å². The molecule has 1 saturated heterocycles. The maximum absolute atomic E-state index is 13.9. The van der Waals surface area contributed by atoms with Crippen molar-refractivity contribution < 1.29 is 28.7 Å². The zero-order chi connectivity index (χ0) is 30.4. The minimum absolute atomic E-state index is 0.0474. The van der Waals surface area contributed by atoms with E-state index in [0.29, 0.717) is 30.1 Å². The van der Waals surface area contributed by atoms with Crippen LogP contribution in [0.5, 0.6) is 5.75 Å². The number of aromatic carboxylic acids is 1. The normalized spacial score (nSPS) is 14.3. The number of benzene rings is 3. The summed E-state index contributed by atoms with van der Waals surface area (Å²) in [4.78, 5) is 38.8. The summed E-state index contributed by atoms with van der Waals surface area (Å²) in [7, 11) is 3.24. The first-order chi connectivity index (χ1) is 20.1. The number of likely N-dealkylation sites (N-methyl/N-ethyl adjacent to an activating group) is 1. The number of rotatable bonds is 11. The molecule has 0 saturated carbocycles. The van der Waals surface area contributed by atoms with Gasteiger partial charge in [0.25, 0.3) is 5.69 Å². The Bertz CT molecular complexity index is 1510. The van der Waals surface area contributed by atoms with E-state index in [-0.39, 0.29) is 23.0 Å². The standard InChI is InChI=1S/C30H32FN5O6/c1-19(15-20-10-12-25(28(16-20)42-3)33-30(39)32-24-9-5-4-8-23(24)31)35-14-6-7-22(35)18-34(2)26-13-11-21(29(37)38)17-27(26)36(40)41/h4-5,8-13,16-17,22H,1,6-7,14-15,18H2,2-3H3,(H,37,38)(H2,32,33,39). The zero-order valence-electron chi connectivity index (χ0n) is 23.3. The highest BCUT2D eigenvalue weighted by molar-refractivity contribution is 6.00. The first-order valence-corrected chi connectivity index (χ1v) is 13.2. The number of para-hydroxylation sites is 1. The van der Waals surface area contributed by atoms with Crippen LogP contribution >= 0.6 is 0 Å². The average molecular weight is 578 g/mol. The lowest BCUT2D eigenvalue weighted by Crippen LogP contribution is -2.38. The number of methoxy groups -OCH3 is 1. The van der Waals surface area contributed by atoms with Crippen LogP contribution in [-0.4, -0.2) is 60.2 Å². The van der Waals surface area contributed by atoms with Crippen molar-refractivity contribution in [1.29, 1.82) is 0 Å². The molecule has 0 aromatic heterocycles. The maximum atomic E-state index is 13.9. The van der Waals surface area contributed by atoms with Gasteiger partial charge in [-0.2, -0.15) is 0 Å². The number of carbonyl (C=O) groups excluding carboxylic acids is 1. The number of nitrogens with zero attached hydrogens (tertiary/aromatic N) is 3. The van der Waals surface area contributed by atoms with Gasteiger partial charge in [0, 0.05) is 44.4 Å². The number of likely N-dealkylation sites (tertiary alicyclic amines) is 1. The topological polar surface area (TPSA) is 137 Å². The molecule has 2 amide bonds. The fourth-order valence-corrected chi connectivity index (χ4v) is 5.11. The van der Waals surface area contributed by atoms with Gasteiger partial charge in [-0.25, -0.2) is 14.0 Å². The van der Waals surface area contributed by atoms with E-state index >= 15 is 0 Å². The van der Waals surface area contributed by atoms with Crippen molar-refractivity contribution in [2.75, 3.05) is 42.8 Å². The summed E-state index contributed by atoms with van der Waals surface area (Å²) in [6, 6.07) is 14.6. The minimum atomic E-state index is -1.23. The Balaban J connectivity index is 1.41. The number of allylic oxidation sites excluding steroid dienone is 1. The number of carbonyl (C=O) groups is 2. The number of nitrogens with one attached hydrogen (secondary N) is 2. The maximum Gasteiger partial charge on any atom is 0.335 e. The van der Waals surface area contributed by atoms with E-state index in [9.17, 15) is 29.2 Å². The van der Waals surface area contributed by atoms with Gasteiger partial charge in [0.2, 0.25) is 0 Å². The van der Waals surface area contributed by atoms with E-state index in [2.05, 4.69) is 22.1 Å². The highest BCUT2D eigenvalue weighted by Crippen LogP contribution is 2.32. The Morgan fingerprint density at radius 3 is 2.60 bits per heavy atom. The van der Waals surface area contributed by atoms with Crippen molar-refractivity contribution in [2.24, 2.45) is 0 Å². The first-order valence-electron chi connectivity index (χ1n) is 13.2. The average Bonchev–Trinajstić information content (AvgIpc) is 3.42. The molecule has 3 N–H and O–H groups in total. The molecule has 4 rings (SSSR count). The molecule has 0 bridgehead atoms. The van der Waals surface area contributed by atoms with Crippen LogP contribution in [0.2, 0.25) is 0 Å². The third-order valence-corrected chi connectivity index (χ3v) is 7.14. The van der Waals surface area contributed by atoms with Gasteiger partial charge in [0.1, 0.15) is 17.3 Å². The highest BCUT2D eigenvalue weighted by Gasteiger charge is 2.29. The quantitative estimate of drug-likeness (QED) is 0.194. The van der Waals surface area contributed by atoms with E-state index in [4.69, 9.17) is 4.74 Å². The second kappa shape index (κ2) is 13.0. The number of amides is 2. The van der Waals surface area contributed by atoms with Gasteiger partial charge in [-0.05, 0) is 54.8 Å². The van der Waals surface area contributed by atoms with Crippen molar-refractivity contribution in [3.63, 3.8) is 0 Å². The van der Waals surface area contributed by atoms with Crippen LogP contribution < -0.4 is 20.3 Å². The fraction of sp³-hybridized carbons (Fsp3) is 0.267. The number of urea groups is 1. The smallest absolute Gasteiger partial charge is 0.335 e. The number of hydrogen-bond acceptors (Lipinski definition) is 7. The number of carboxylic acid groups (broad SMARTS) is 1. The van der Waals surface area contributed by atoms with Crippen molar-refractivity contribution in [2.45, 2.75) is 25.3 Å². The van der Waals surface area contributed by atoms with E-state index in [1.165, 1.54) is 37.4 Å². The number of ether oxygens (including phenoxy) is 1. The Morgan fingerprint density at radius 2 is 1.90 bits per heavy atom. The number of nitro benzene ring substituents is 1. The number of nitro groups is 1. The molecule has 1 atom stereocenters. The monoisotopic (exact) mass is 577 g/mol. The molecule has 3 aromatic rings. The predicted molar refractivity (Wildman–Crippen MR) is 158 cm³/mol. The molecule has 1 unspecified atom stereocenters. The van der Waals surface area contributed by atoms with Gasteiger partial charge in [-0.15, -0.1) is 0 Å². The molecule has 3 aromatic carbocycles. The molecule has 1 aliphatic heterocycles. The van der Waals surface area contributed by atoms with E-state index in [1.807, 2.05) is 6.07 Å². The zero-order valence-corrected chi connectivity index (χ0v) is 23.3. The van der Waals surface area contributed by atoms with Crippen LogP contribution in [0.25, 0.3) is 0 Å². The third kappa shape index (κ3) is 6.95. The number of halogens is 1. The number of carboxylic acids is 1. The molecule has 0 radical (unpaired) electrons. The van der Waals surface area contributed by atoms with Gasteiger partial charge < -0.3 is 30.3 Å². The van der Waals surface area contributed by atoms with Crippen molar-refractivity contribution in [1.82, 2.24) is 4.90 Å². The van der Waals surface area contributed by atoms with Gasteiger partial charge in [0.05, 0.1) is 29.0 Å². The lowest BCUT2D eigenvalue weighted by molar-refractivity contribution is -0.384. The van der Waals surface area contributed by atoms with Crippen LogP contribution in [0.1, 0.15) is 28.8 Å². The molecule has 42 heavy (non-hydrogen) atoms. The molecule has 11 nitrogen and oxygen atoms in total. The van der Waals surface area contributed by atoms with E-state index in [1.54, 1.807) is 30.1 Å². The summed E-state index contributed by atoms with van der Waals surface area (Å²) in [6.07, 6.45) is 2.31. The predicted octanol–water partition coefficient (Wildman–Crippen LogP) is 5.74. The molecule has 0 spiro atoms. The molecular weight excluding hydrogens is 545 g/mol. The Morgan fingerprint density at radius 1 is 1.17 bits per heavy atom. The molecule has 220 valence electrons. The van der Waals surface area contributed by atoms with Crippen molar-refractivity contribution in [3.8, 4) is 5.75 Å². The minimum Gasteiger partial charge on any atom is -0.495 e. The highest BCUT2D eigenvalue weighted by atomic mass is 19.1. The molecule has 0 aliphatic carbocycles. The Hall–Kier alpha value is -5.13. The summed E-state index contributed by atoms with van der Waals surface area (Å²) >= 11 is 0. The molecule has 1 heterocycles. The Kier molecular flexibility index (Phi) is 9.25. The molecule has 1 fully saturated rings. The fourth-order valence-electron chi connectivity index (χ4n) is 5.11. The summed E-state index contributed by atoms with van der Waals surface area (Å²) in [6.45, 7) is 5.56. The second-order valence-corrected chi connectivity index (χ2v) is 9.97. The largest absolute Gasteiger partial charge is 0.495 e. The second-order valence-electron chi connectivity index (χ2n) is 9.97. The van der Waals surface area contributed by atoms with E-state index in [0.717, 1.165) is 36.7 Å². The van der Waals surface area contributed by atoms with Crippen LogP contribution in [-0.2, 0) is 6.42 Å². The number of anilines is 3. The van der Waals surface area contributed by atoms with Crippen LogP contribution in [0, 0.1) is 15.9 Å². The van der Waals surface area contributed by atoms with Crippen molar-refractivity contribution in [3.05, 3.63) is 100.0 Å². The third-order valence-electron chi connectivity index (χ3n) is 7.14. The summed E-state index contributed by atoms with van der Waals surface area (Å²) in [5.74, 6) is -1.34. The van der Waals surface area contributed by atoms with E-state index < -0.39 is 22.7 Å². The summed E-state index contributed by atoms with van der Waals surface area (Å²) in [5.41, 5.74) is 2.17. The number of hydrogen-bond donors (Lipinski definition) is 3. The molecule has 12 heteroatoms. The summed E-state index contributed by atoms with van der Waals surface area (Å²) in [5, 5.41) is 26.0. The molecular formula is C30H32FN5O6. The van der Waals surface area contributed by atoms with Gasteiger partial charge in [-0.3, -0.25) is 10.1 Å². The lowest BCUT2D eigenvalue weighted by atomic mass is 10.1. The lowest BCUT2D eigenvalue weighted by Gasteiger charge is -2.32. The van der Waals surface area contributed by atoms with Gasteiger partial charge in [0.15, 0.2) is 0 Å². The van der Waals surface area contributed by atoms with Gasteiger partial charge >= 0.3 is 12.0 Å². The van der Waals surface area contributed by atoms with Gasteiger partial charge in [-0.1, -0.05) is 24.8 Å². The van der Waals surface area contributed by atoms with Crippen molar-refractivity contribution >= 4 is 34.7 Å². The van der Waals surface area contributed by atoms with Crippen LogP contribution in [0.3, 0.4) is 0 Å². The Labute approximate surface area is 242 Å². The van der Waals surface area contributed by atoms with Crippen LogP contribution in [0.15, 0.2) is 72.9 Å². The molecule has 1 aliphatic rings.